The highest BCUT2D eigenvalue weighted by Crippen LogP contribution is 2.68. The number of ether oxygens (including phenoxy) is 1. The van der Waals surface area contributed by atoms with Gasteiger partial charge in [-0.2, -0.15) is 5.06 Å². The lowest BCUT2D eigenvalue weighted by molar-refractivity contribution is -0.769. The summed E-state index contributed by atoms with van der Waals surface area (Å²) in [6.07, 6.45) is 10.3. The van der Waals surface area contributed by atoms with Crippen LogP contribution in [0.3, 0.4) is 0 Å². The molecule has 180 valence electrons. The monoisotopic (exact) mass is 448 g/mol. The third-order valence-electron chi connectivity index (χ3n) is 10.7. The number of fused-ring (bicyclic) bond motifs is 5. The fraction of sp³-hybridized carbons (Fsp3) is 0.920. The molecular weight excluding hydrogens is 408 g/mol. The van der Waals surface area contributed by atoms with Crippen LogP contribution in [0.25, 0.3) is 0 Å². The van der Waals surface area contributed by atoms with E-state index >= 15 is 0 Å². The second kappa shape index (κ2) is 7.16. The molecule has 1 aliphatic heterocycles. The first-order valence-electron chi connectivity index (χ1n) is 12.6. The molecule has 0 amide bonds. The minimum Gasteiger partial charge on any atom is -0.356 e. The van der Waals surface area contributed by atoms with Gasteiger partial charge in [0.2, 0.25) is 0 Å². The van der Waals surface area contributed by atoms with E-state index in [0.717, 1.165) is 32.1 Å². The van der Waals surface area contributed by atoms with Gasteiger partial charge in [-0.3, -0.25) is 0 Å². The molecule has 0 spiro atoms. The van der Waals surface area contributed by atoms with Crippen molar-refractivity contribution in [3.8, 4) is 0 Å². The van der Waals surface area contributed by atoms with Crippen LogP contribution in [0.5, 0.6) is 0 Å². The van der Waals surface area contributed by atoms with Crippen LogP contribution < -0.4 is 0 Å². The molecule has 1 heterocycles. The van der Waals surface area contributed by atoms with Crippen molar-refractivity contribution in [3.05, 3.63) is 21.8 Å². The van der Waals surface area contributed by atoms with Crippen molar-refractivity contribution in [2.75, 3.05) is 6.61 Å². The first-order chi connectivity index (χ1) is 14.9. The molecule has 8 atom stereocenters. The summed E-state index contributed by atoms with van der Waals surface area (Å²) in [6.45, 7) is 11.6. The second-order valence-electron chi connectivity index (χ2n) is 12.6. The molecule has 4 aliphatic carbocycles. The van der Waals surface area contributed by atoms with Crippen LogP contribution in [0.1, 0.15) is 86.0 Å². The van der Waals surface area contributed by atoms with Crippen molar-refractivity contribution in [3.63, 3.8) is 0 Å². The van der Waals surface area contributed by atoms with E-state index in [4.69, 9.17) is 9.57 Å². The zero-order valence-corrected chi connectivity index (χ0v) is 20.3. The van der Waals surface area contributed by atoms with Gasteiger partial charge in [0.25, 0.3) is 5.09 Å². The summed E-state index contributed by atoms with van der Waals surface area (Å²) in [7, 11) is 0. The molecule has 0 aromatic heterocycles. The van der Waals surface area contributed by atoms with Crippen molar-refractivity contribution in [2.24, 2.45) is 34.5 Å². The lowest BCUT2D eigenvalue weighted by Crippen LogP contribution is -2.58. The Morgan fingerprint density at radius 3 is 2.53 bits per heavy atom. The fourth-order valence-electron chi connectivity index (χ4n) is 9.01. The SMILES string of the molecule is CC12CC[C@@H](O[N+](=O)[O-])CC1=CCC1C2CCC2(C)C1CCC2C1(C)OCC(C)(C)N1O. The lowest BCUT2D eigenvalue weighted by atomic mass is 9.47. The summed E-state index contributed by atoms with van der Waals surface area (Å²) in [5.74, 6) is 2.22. The molecule has 1 saturated heterocycles. The Bertz CT molecular complexity index is 829. The van der Waals surface area contributed by atoms with Gasteiger partial charge >= 0.3 is 0 Å². The van der Waals surface area contributed by atoms with E-state index in [1.54, 1.807) is 0 Å². The highest BCUT2D eigenvalue weighted by atomic mass is 17.0. The minimum atomic E-state index is -0.628. The molecule has 7 unspecified atom stereocenters. The van der Waals surface area contributed by atoms with Gasteiger partial charge in [-0.15, -0.1) is 10.1 Å². The standard InChI is InChI=1S/C25H40N2O5/c1-22(2)15-31-25(5,26(22)28)21-9-8-19-18-7-6-16-14-17(32-27(29)30)10-12-23(16,3)20(18)11-13-24(19,21)4/h6,17-21,28H,7-15H2,1-5H3/t17-,18?,19?,20?,21?,23?,24?,25?/m1/s1. The van der Waals surface area contributed by atoms with Crippen LogP contribution in [0, 0.1) is 44.6 Å². The molecule has 5 aliphatic rings. The van der Waals surface area contributed by atoms with Gasteiger partial charge in [0, 0.05) is 5.92 Å². The Balaban J connectivity index is 1.40. The number of hydroxylamine groups is 2. The second-order valence-corrected chi connectivity index (χ2v) is 12.6. The largest absolute Gasteiger partial charge is 0.356 e. The van der Waals surface area contributed by atoms with Crippen LogP contribution in [-0.4, -0.2) is 39.3 Å². The Kier molecular flexibility index (Phi) is 5.06. The molecule has 3 saturated carbocycles. The van der Waals surface area contributed by atoms with E-state index in [9.17, 15) is 15.3 Å². The van der Waals surface area contributed by atoms with Crippen LogP contribution >= 0.6 is 0 Å². The van der Waals surface area contributed by atoms with Crippen molar-refractivity contribution in [1.82, 2.24) is 5.06 Å². The molecule has 0 aromatic rings. The van der Waals surface area contributed by atoms with E-state index in [2.05, 4.69) is 40.7 Å². The summed E-state index contributed by atoms with van der Waals surface area (Å²) < 4.78 is 6.35. The third-order valence-corrected chi connectivity index (χ3v) is 10.7. The summed E-state index contributed by atoms with van der Waals surface area (Å²) in [5.41, 5.74) is 0.699. The van der Waals surface area contributed by atoms with Gasteiger partial charge in [0.1, 0.15) is 11.8 Å². The number of allylic oxidation sites excluding steroid dienone is 1. The maximum atomic E-state index is 11.1. The molecule has 4 fully saturated rings. The first kappa shape index (κ1) is 22.6. The van der Waals surface area contributed by atoms with E-state index < -0.39 is 10.8 Å². The number of hydrogen-bond acceptors (Lipinski definition) is 6. The van der Waals surface area contributed by atoms with Crippen molar-refractivity contribution < 1.29 is 19.9 Å². The van der Waals surface area contributed by atoms with E-state index in [-0.39, 0.29) is 22.5 Å². The van der Waals surface area contributed by atoms with Crippen LogP contribution in [0.15, 0.2) is 11.6 Å². The van der Waals surface area contributed by atoms with E-state index in [0.29, 0.717) is 36.7 Å². The van der Waals surface area contributed by atoms with Gasteiger partial charge in [0.15, 0.2) is 0 Å². The fourth-order valence-corrected chi connectivity index (χ4v) is 9.01. The Hall–Kier alpha value is -1.18. The van der Waals surface area contributed by atoms with Gasteiger partial charge in [-0.1, -0.05) is 25.5 Å². The first-order valence-corrected chi connectivity index (χ1v) is 12.6. The smallest absolute Gasteiger partial charge is 0.294 e. The maximum absolute atomic E-state index is 11.1. The van der Waals surface area contributed by atoms with E-state index in [1.807, 2.05) is 0 Å². The van der Waals surface area contributed by atoms with Gasteiger partial charge < -0.3 is 14.8 Å². The van der Waals surface area contributed by atoms with Crippen molar-refractivity contribution in [2.45, 2.75) is 103 Å². The lowest BCUT2D eigenvalue weighted by Gasteiger charge is -2.59. The number of nitrogens with zero attached hydrogens (tertiary/aromatic N) is 2. The average Bonchev–Trinajstić information content (AvgIpc) is 3.18. The van der Waals surface area contributed by atoms with Gasteiger partial charge in [-0.05, 0) is 101 Å². The normalized spacial score (nSPS) is 50.2. The third kappa shape index (κ3) is 3.03. The number of rotatable bonds is 3. The summed E-state index contributed by atoms with van der Waals surface area (Å²) >= 11 is 0. The van der Waals surface area contributed by atoms with Crippen molar-refractivity contribution in [1.29, 1.82) is 0 Å². The molecule has 0 bridgehead atoms. The molecule has 5 rings (SSSR count). The number of hydrogen-bond donors (Lipinski definition) is 1. The Morgan fingerprint density at radius 1 is 1.12 bits per heavy atom. The Morgan fingerprint density at radius 2 is 1.88 bits per heavy atom. The molecule has 32 heavy (non-hydrogen) atoms. The quantitative estimate of drug-likeness (QED) is 0.355. The zero-order chi connectivity index (χ0) is 23.1. The highest BCUT2D eigenvalue weighted by molar-refractivity contribution is 5.25. The molecular formula is C25H40N2O5. The summed E-state index contributed by atoms with van der Waals surface area (Å²) in [4.78, 5) is 15.8. The molecule has 7 nitrogen and oxygen atoms in total. The van der Waals surface area contributed by atoms with Gasteiger partial charge in [0.05, 0.1) is 12.1 Å². The van der Waals surface area contributed by atoms with E-state index in [1.165, 1.54) is 23.5 Å². The van der Waals surface area contributed by atoms with Crippen LogP contribution in [0.2, 0.25) is 0 Å². The molecule has 7 heteroatoms. The Labute approximate surface area is 191 Å². The topological polar surface area (TPSA) is 85.1 Å². The van der Waals surface area contributed by atoms with Crippen LogP contribution in [-0.2, 0) is 9.57 Å². The molecule has 1 N–H and O–H groups in total. The average molecular weight is 449 g/mol. The predicted molar refractivity (Wildman–Crippen MR) is 119 cm³/mol. The van der Waals surface area contributed by atoms with Crippen molar-refractivity contribution >= 4 is 0 Å². The maximum Gasteiger partial charge on any atom is 0.294 e. The highest BCUT2D eigenvalue weighted by Gasteiger charge is 2.65. The minimum absolute atomic E-state index is 0.136. The summed E-state index contributed by atoms with van der Waals surface area (Å²) in [5, 5.41) is 22.8. The van der Waals surface area contributed by atoms with Gasteiger partial charge in [-0.25, -0.2) is 0 Å². The summed E-state index contributed by atoms with van der Waals surface area (Å²) in [6, 6.07) is 0. The molecule has 0 aromatic carbocycles. The van der Waals surface area contributed by atoms with Crippen LogP contribution in [0.4, 0.5) is 0 Å². The molecule has 0 radical (unpaired) electrons. The predicted octanol–water partition coefficient (Wildman–Crippen LogP) is 5.36. The zero-order valence-electron chi connectivity index (χ0n) is 20.3.